The smallest absolute Gasteiger partial charge is 0.230 e. The summed E-state index contributed by atoms with van der Waals surface area (Å²) in [4.78, 5) is 30.2. The summed E-state index contributed by atoms with van der Waals surface area (Å²) in [5.74, 6) is 0.324. The summed E-state index contributed by atoms with van der Waals surface area (Å²) in [5.41, 5.74) is 0. The maximum absolute atomic E-state index is 12.2. The lowest BCUT2D eigenvalue weighted by molar-refractivity contribution is -0.129. The Labute approximate surface area is 118 Å². The average molecular weight is 273 g/mol. The molecule has 1 aromatic rings. The number of aromatic nitrogens is 1. The maximum Gasteiger partial charge on any atom is 0.230 e. The minimum absolute atomic E-state index is 0.0995. The van der Waals surface area contributed by atoms with Gasteiger partial charge in [0.1, 0.15) is 5.82 Å². The number of nitrogens with zero attached hydrogens (tertiary/aromatic N) is 2. The number of anilines is 1. The van der Waals surface area contributed by atoms with Crippen LogP contribution in [0.1, 0.15) is 32.1 Å². The zero-order chi connectivity index (χ0) is 13.9. The number of pyridine rings is 1. The van der Waals surface area contributed by atoms with Crippen molar-refractivity contribution in [3.63, 3.8) is 0 Å². The van der Waals surface area contributed by atoms with E-state index < -0.39 is 0 Å². The number of hydrogen-bond donors (Lipinski definition) is 1. The minimum atomic E-state index is -0.245. The number of hydrogen-bond acceptors (Lipinski definition) is 3. The van der Waals surface area contributed by atoms with Crippen molar-refractivity contribution in [2.24, 2.45) is 5.92 Å². The third-order valence-electron chi connectivity index (χ3n) is 4.21. The predicted molar refractivity (Wildman–Crippen MR) is 74.9 cm³/mol. The van der Waals surface area contributed by atoms with Crippen LogP contribution < -0.4 is 5.32 Å². The molecular formula is C15H19N3O2. The summed E-state index contributed by atoms with van der Waals surface area (Å²) in [7, 11) is 0. The van der Waals surface area contributed by atoms with Crippen LogP contribution in [0.2, 0.25) is 0 Å². The van der Waals surface area contributed by atoms with E-state index in [1.54, 1.807) is 18.3 Å². The lowest BCUT2D eigenvalue weighted by atomic mass is 10.1. The van der Waals surface area contributed by atoms with Gasteiger partial charge >= 0.3 is 0 Å². The highest BCUT2D eigenvalue weighted by molar-refractivity contribution is 5.96. The van der Waals surface area contributed by atoms with Gasteiger partial charge in [-0.3, -0.25) is 9.59 Å². The molecule has 1 aliphatic heterocycles. The molecule has 0 bridgehead atoms. The molecule has 2 fully saturated rings. The fraction of sp³-hybridized carbons (Fsp3) is 0.533. The fourth-order valence-corrected chi connectivity index (χ4v) is 3.14. The summed E-state index contributed by atoms with van der Waals surface area (Å²) in [6, 6.07) is 5.74. The standard InChI is InChI=1S/C15H19N3O2/c19-14-9-11(10-18(14)12-5-1-2-6-12)15(20)17-13-7-3-4-8-16-13/h3-4,7-8,11-12H,1-2,5-6,9-10H2,(H,16,17,20)/t11-/m0/s1. The van der Waals surface area contributed by atoms with E-state index in [4.69, 9.17) is 0 Å². The van der Waals surface area contributed by atoms with Crippen molar-refractivity contribution >= 4 is 17.6 Å². The normalized spacial score (nSPS) is 23.3. The first-order valence-corrected chi connectivity index (χ1v) is 7.25. The first kappa shape index (κ1) is 13.1. The number of carbonyl (C=O) groups excluding carboxylic acids is 2. The van der Waals surface area contributed by atoms with Crippen LogP contribution in [-0.2, 0) is 9.59 Å². The Morgan fingerprint density at radius 3 is 2.80 bits per heavy atom. The van der Waals surface area contributed by atoms with Crippen LogP contribution in [-0.4, -0.2) is 34.3 Å². The molecule has 2 amide bonds. The molecule has 1 aliphatic carbocycles. The van der Waals surface area contributed by atoms with Gasteiger partial charge in [-0.2, -0.15) is 0 Å². The van der Waals surface area contributed by atoms with Gasteiger partial charge in [-0.15, -0.1) is 0 Å². The molecule has 3 rings (SSSR count). The Morgan fingerprint density at radius 1 is 1.30 bits per heavy atom. The summed E-state index contributed by atoms with van der Waals surface area (Å²) in [6.45, 7) is 0.558. The molecule has 0 unspecified atom stereocenters. The molecule has 0 spiro atoms. The van der Waals surface area contributed by atoms with Gasteiger partial charge in [0.05, 0.1) is 5.92 Å². The molecule has 1 atom stereocenters. The van der Waals surface area contributed by atoms with Crippen LogP contribution in [0.3, 0.4) is 0 Å². The summed E-state index contributed by atoms with van der Waals surface area (Å²) in [5, 5.41) is 2.79. The van der Waals surface area contributed by atoms with Gasteiger partial charge in [-0.25, -0.2) is 4.98 Å². The van der Waals surface area contributed by atoms with Crippen molar-refractivity contribution < 1.29 is 9.59 Å². The monoisotopic (exact) mass is 273 g/mol. The minimum Gasteiger partial charge on any atom is -0.339 e. The van der Waals surface area contributed by atoms with Crippen LogP contribution in [0, 0.1) is 5.92 Å². The molecule has 5 nitrogen and oxygen atoms in total. The van der Waals surface area contributed by atoms with Gasteiger partial charge < -0.3 is 10.2 Å². The third-order valence-corrected chi connectivity index (χ3v) is 4.21. The number of likely N-dealkylation sites (tertiary alicyclic amines) is 1. The van der Waals surface area contributed by atoms with Gasteiger partial charge in [-0.05, 0) is 25.0 Å². The lowest BCUT2D eigenvalue weighted by Crippen LogP contribution is -2.35. The Balaban J connectivity index is 1.61. The molecule has 0 aromatic carbocycles. The van der Waals surface area contributed by atoms with E-state index in [1.165, 1.54) is 12.8 Å². The average Bonchev–Trinajstić information content (AvgIpc) is 3.08. The van der Waals surface area contributed by atoms with Gasteiger partial charge in [0, 0.05) is 25.2 Å². The van der Waals surface area contributed by atoms with Gasteiger partial charge in [0.15, 0.2) is 0 Å². The number of nitrogens with one attached hydrogen (secondary N) is 1. The predicted octanol–water partition coefficient (Wildman–Crippen LogP) is 1.81. The van der Waals surface area contributed by atoms with Crippen LogP contribution in [0.15, 0.2) is 24.4 Å². The number of rotatable bonds is 3. The molecule has 0 radical (unpaired) electrons. The second-order valence-corrected chi connectivity index (χ2v) is 5.59. The van der Waals surface area contributed by atoms with Crippen molar-refractivity contribution in [2.75, 3.05) is 11.9 Å². The topological polar surface area (TPSA) is 62.3 Å². The largest absolute Gasteiger partial charge is 0.339 e. The summed E-state index contributed by atoms with van der Waals surface area (Å²) < 4.78 is 0. The highest BCUT2D eigenvalue weighted by Crippen LogP contribution is 2.29. The van der Waals surface area contributed by atoms with Crippen LogP contribution in [0.25, 0.3) is 0 Å². The SMILES string of the molecule is O=C(Nc1ccccn1)[C@H]1CC(=O)N(C2CCCC2)C1. The van der Waals surface area contributed by atoms with E-state index in [9.17, 15) is 9.59 Å². The molecule has 20 heavy (non-hydrogen) atoms. The molecule has 1 aromatic heterocycles. The third kappa shape index (κ3) is 2.66. The summed E-state index contributed by atoms with van der Waals surface area (Å²) >= 11 is 0. The number of carbonyl (C=O) groups is 2. The fourth-order valence-electron chi connectivity index (χ4n) is 3.14. The zero-order valence-corrected chi connectivity index (χ0v) is 11.4. The van der Waals surface area contributed by atoms with E-state index in [2.05, 4.69) is 10.3 Å². The van der Waals surface area contributed by atoms with E-state index >= 15 is 0 Å². The van der Waals surface area contributed by atoms with Gasteiger partial charge in [0.2, 0.25) is 11.8 Å². The molecule has 1 saturated heterocycles. The van der Waals surface area contributed by atoms with Gasteiger partial charge in [-0.1, -0.05) is 18.9 Å². The molecule has 5 heteroatoms. The number of amides is 2. The van der Waals surface area contributed by atoms with Gasteiger partial charge in [0.25, 0.3) is 0 Å². The molecule has 2 heterocycles. The van der Waals surface area contributed by atoms with E-state index in [0.29, 0.717) is 24.8 Å². The van der Waals surface area contributed by atoms with E-state index in [1.807, 2.05) is 11.0 Å². The van der Waals surface area contributed by atoms with Crippen LogP contribution >= 0.6 is 0 Å². The Bertz CT molecular complexity index is 497. The van der Waals surface area contributed by atoms with Crippen LogP contribution in [0.5, 0.6) is 0 Å². The molecule has 2 aliphatic rings. The zero-order valence-electron chi connectivity index (χ0n) is 11.4. The first-order valence-electron chi connectivity index (χ1n) is 7.25. The van der Waals surface area contributed by atoms with E-state index in [0.717, 1.165) is 12.8 Å². The van der Waals surface area contributed by atoms with Crippen LogP contribution in [0.4, 0.5) is 5.82 Å². The Morgan fingerprint density at radius 2 is 2.10 bits per heavy atom. The Hall–Kier alpha value is -1.91. The van der Waals surface area contributed by atoms with Crippen molar-refractivity contribution in [1.29, 1.82) is 0 Å². The highest BCUT2D eigenvalue weighted by Gasteiger charge is 2.38. The highest BCUT2D eigenvalue weighted by atomic mass is 16.2. The van der Waals surface area contributed by atoms with E-state index in [-0.39, 0.29) is 17.7 Å². The van der Waals surface area contributed by atoms with Crippen molar-refractivity contribution in [3.8, 4) is 0 Å². The Kier molecular flexibility index (Phi) is 3.67. The second kappa shape index (κ2) is 5.61. The molecule has 106 valence electrons. The lowest BCUT2D eigenvalue weighted by Gasteiger charge is -2.23. The summed E-state index contributed by atoms with van der Waals surface area (Å²) in [6.07, 6.45) is 6.52. The maximum atomic E-state index is 12.2. The quantitative estimate of drug-likeness (QED) is 0.913. The first-order chi connectivity index (χ1) is 9.74. The van der Waals surface area contributed by atoms with Crippen molar-refractivity contribution in [1.82, 2.24) is 9.88 Å². The van der Waals surface area contributed by atoms with Crippen molar-refractivity contribution in [3.05, 3.63) is 24.4 Å². The second-order valence-electron chi connectivity index (χ2n) is 5.59. The molecule has 1 saturated carbocycles. The molecule has 1 N–H and O–H groups in total. The molecular weight excluding hydrogens is 254 g/mol. The van der Waals surface area contributed by atoms with Crippen molar-refractivity contribution in [2.45, 2.75) is 38.1 Å².